The Morgan fingerprint density at radius 3 is 2.45 bits per heavy atom. The lowest BCUT2D eigenvalue weighted by Gasteiger charge is -2.53. The largest absolute Gasteiger partial charge is 0.453 e. The summed E-state index contributed by atoms with van der Waals surface area (Å²) in [4.78, 5) is 17.0. The summed E-state index contributed by atoms with van der Waals surface area (Å²) in [5, 5.41) is 9.43. The molecule has 0 aromatic heterocycles. The Morgan fingerprint density at radius 2 is 1.78 bits per heavy atom. The van der Waals surface area contributed by atoms with Crippen molar-refractivity contribution in [2.75, 3.05) is 51.9 Å². The van der Waals surface area contributed by atoms with Crippen LogP contribution in [0.5, 0.6) is 5.75 Å². The highest BCUT2D eigenvalue weighted by Gasteiger charge is 2.58. The molecule has 0 radical (unpaired) electrons. The van der Waals surface area contributed by atoms with Crippen LogP contribution >= 0.6 is 0 Å². The zero-order chi connectivity index (χ0) is 35.6. The van der Waals surface area contributed by atoms with E-state index in [1.807, 2.05) is 12.1 Å². The third-order valence-corrected chi connectivity index (χ3v) is 13.6. The highest BCUT2D eigenvalue weighted by molar-refractivity contribution is 7.84. The number of nitrogens with zero attached hydrogens (tertiary/aromatic N) is 2. The van der Waals surface area contributed by atoms with E-state index in [-0.39, 0.29) is 41.6 Å². The van der Waals surface area contributed by atoms with Gasteiger partial charge in [0.1, 0.15) is 5.75 Å². The molecule has 1 saturated heterocycles. The minimum absolute atomic E-state index is 0.0223. The number of ether oxygens (including phenoxy) is 2. The molecule has 1 aromatic carbocycles. The zero-order valence-corrected chi connectivity index (χ0v) is 29.8. The van der Waals surface area contributed by atoms with Gasteiger partial charge in [0.25, 0.3) is 0 Å². The number of carbonyl (C=O) groups is 1. The Bertz CT molecular complexity index is 1310. The Labute approximate surface area is 289 Å². The second-order valence-corrected chi connectivity index (χ2v) is 16.9. The summed E-state index contributed by atoms with van der Waals surface area (Å²) < 4.78 is 89.1. The van der Waals surface area contributed by atoms with Gasteiger partial charge in [-0.1, -0.05) is 13.0 Å². The first kappa shape index (κ1) is 38.4. The van der Waals surface area contributed by atoms with Crippen LogP contribution in [-0.4, -0.2) is 101 Å². The molecule has 0 spiro atoms. The molecule has 7 atom stereocenters. The van der Waals surface area contributed by atoms with Crippen LogP contribution in [0.25, 0.3) is 0 Å². The van der Waals surface area contributed by atoms with Crippen LogP contribution in [0.15, 0.2) is 18.2 Å². The molecule has 0 bridgehead atoms. The van der Waals surface area contributed by atoms with E-state index in [2.05, 4.69) is 32.0 Å². The van der Waals surface area contributed by atoms with E-state index in [0.29, 0.717) is 55.7 Å². The van der Waals surface area contributed by atoms with Gasteiger partial charge in [-0.3, -0.25) is 4.21 Å². The average Bonchev–Trinajstić information content (AvgIpc) is 3.38. The van der Waals surface area contributed by atoms with Crippen LogP contribution in [-0.2, 0) is 22.0 Å². The molecular weight excluding hydrogens is 667 g/mol. The molecule has 5 rings (SSSR count). The van der Waals surface area contributed by atoms with Crippen LogP contribution in [0, 0.1) is 23.2 Å². The molecule has 1 aromatic rings. The lowest BCUT2D eigenvalue weighted by molar-refractivity contribution is -0.284. The molecule has 4 aliphatic rings. The van der Waals surface area contributed by atoms with Crippen molar-refractivity contribution in [3.05, 3.63) is 29.3 Å². The van der Waals surface area contributed by atoms with Gasteiger partial charge >= 0.3 is 18.2 Å². The van der Waals surface area contributed by atoms with Gasteiger partial charge in [-0.2, -0.15) is 22.0 Å². The SMILES string of the molecule is CN(C)C1CCN(C(=O)Oc2ccc3c(c2)C[C@@H](CCCS(=O)CCCC(F)(F)C(F)(F)F)[C@@H]2[C@@H]3CC[C@]3(C)[C@@H](OCCO)CC[C@@H]23)CC1. The normalized spacial score (nSPS) is 29.8. The van der Waals surface area contributed by atoms with E-state index in [9.17, 15) is 36.1 Å². The van der Waals surface area contributed by atoms with Crippen molar-refractivity contribution in [1.82, 2.24) is 9.80 Å². The minimum Gasteiger partial charge on any atom is -0.410 e. The number of halogens is 5. The van der Waals surface area contributed by atoms with Gasteiger partial charge in [0, 0.05) is 47.9 Å². The van der Waals surface area contributed by atoms with E-state index >= 15 is 0 Å². The Morgan fingerprint density at radius 1 is 1.06 bits per heavy atom. The number of carbonyl (C=O) groups excluding carboxylic acids is 1. The lowest BCUT2D eigenvalue weighted by atomic mass is 9.52. The molecule has 1 unspecified atom stereocenters. The van der Waals surface area contributed by atoms with Crippen molar-refractivity contribution >= 4 is 16.9 Å². The number of alkyl halides is 5. The maximum Gasteiger partial charge on any atom is 0.453 e. The molecule has 1 heterocycles. The first-order chi connectivity index (χ1) is 23.1. The first-order valence-electron chi connectivity index (χ1n) is 17.9. The lowest BCUT2D eigenvalue weighted by Crippen LogP contribution is -2.48. The summed E-state index contributed by atoms with van der Waals surface area (Å²) in [7, 11) is 2.62. The number of aliphatic hydroxyl groups excluding tert-OH is 1. The molecule has 1 aliphatic heterocycles. The van der Waals surface area contributed by atoms with Crippen molar-refractivity contribution in [2.24, 2.45) is 23.2 Å². The molecule has 49 heavy (non-hydrogen) atoms. The van der Waals surface area contributed by atoms with Crippen molar-refractivity contribution < 1.29 is 45.5 Å². The van der Waals surface area contributed by atoms with E-state index in [1.165, 1.54) is 5.56 Å². The van der Waals surface area contributed by atoms with Gasteiger partial charge in [0.2, 0.25) is 0 Å². The smallest absolute Gasteiger partial charge is 0.410 e. The predicted octanol–water partition coefficient (Wildman–Crippen LogP) is 7.18. The summed E-state index contributed by atoms with van der Waals surface area (Å²) in [6, 6.07) is 6.47. The number of aliphatic hydroxyl groups is 1. The molecular formula is C36H53F5N2O5S. The molecule has 13 heteroatoms. The molecule has 1 amide bonds. The van der Waals surface area contributed by atoms with Crippen LogP contribution in [0.3, 0.4) is 0 Å². The third kappa shape index (κ3) is 8.63. The summed E-state index contributed by atoms with van der Waals surface area (Å²) >= 11 is 0. The Kier molecular flexibility index (Phi) is 12.4. The molecule has 278 valence electrons. The number of hydrogen-bond donors (Lipinski definition) is 1. The van der Waals surface area contributed by atoms with Gasteiger partial charge in [-0.15, -0.1) is 0 Å². The van der Waals surface area contributed by atoms with Crippen LogP contribution in [0.4, 0.5) is 26.7 Å². The first-order valence-corrected chi connectivity index (χ1v) is 19.4. The summed E-state index contributed by atoms with van der Waals surface area (Å²) in [5.41, 5.74) is 2.39. The molecule has 3 aliphatic carbocycles. The predicted molar refractivity (Wildman–Crippen MR) is 178 cm³/mol. The number of rotatable bonds is 13. The number of benzene rings is 1. The van der Waals surface area contributed by atoms with Crippen LogP contribution in [0.1, 0.15) is 88.2 Å². The number of piperidine rings is 1. The van der Waals surface area contributed by atoms with E-state index in [4.69, 9.17) is 9.47 Å². The van der Waals surface area contributed by atoms with Crippen molar-refractivity contribution in [3.8, 4) is 5.75 Å². The number of fused-ring (bicyclic) bond motifs is 5. The molecule has 7 nitrogen and oxygen atoms in total. The maximum absolute atomic E-state index is 13.3. The third-order valence-electron chi connectivity index (χ3n) is 12.1. The standard InChI is InChI=1S/C36H53F5N2O5S/c1-34-15-11-29-28-8-7-27(48-33(45)43-16-12-26(13-17-43)42(2)3)23-25(28)22-24(32(29)30(34)9-10-31(34)47-19-18-44)6-4-20-49(46)21-5-14-35(37,38)36(39,40)41/h7-8,23-24,26,29-32,44H,4-6,9-22H2,1-3H3/t24-,29-,30+,31+,32-,34+,49?/m1/s1. The maximum atomic E-state index is 13.3. The minimum atomic E-state index is -5.60. The van der Waals surface area contributed by atoms with Crippen molar-refractivity contribution in [2.45, 2.75) is 108 Å². The summed E-state index contributed by atoms with van der Waals surface area (Å²) in [5.74, 6) is -2.90. The monoisotopic (exact) mass is 720 g/mol. The van der Waals surface area contributed by atoms with E-state index < -0.39 is 35.7 Å². The number of likely N-dealkylation sites (tertiary alicyclic amines) is 1. The van der Waals surface area contributed by atoms with Gasteiger partial charge < -0.3 is 24.4 Å². The average molecular weight is 721 g/mol. The summed E-state index contributed by atoms with van der Waals surface area (Å²) in [6.45, 7) is 3.89. The van der Waals surface area contributed by atoms with Crippen LogP contribution in [0.2, 0.25) is 0 Å². The Balaban J connectivity index is 1.27. The highest BCUT2D eigenvalue weighted by atomic mass is 32.2. The van der Waals surface area contributed by atoms with E-state index in [0.717, 1.165) is 56.9 Å². The topological polar surface area (TPSA) is 79.3 Å². The second kappa shape index (κ2) is 15.8. The summed E-state index contributed by atoms with van der Waals surface area (Å²) in [6.07, 6.45) is 0.117. The fourth-order valence-electron chi connectivity index (χ4n) is 9.47. The quantitative estimate of drug-likeness (QED) is 0.218. The molecule has 1 N–H and O–H groups in total. The Hall–Kier alpha value is -1.83. The number of amides is 1. The van der Waals surface area contributed by atoms with Crippen molar-refractivity contribution in [1.29, 1.82) is 0 Å². The highest BCUT2D eigenvalue weighted by Crippen LogP contribution is 2.63. The van der Waals surface area contributed by atoms with E-state index in [1.54, 1.807) is 4.90 Å². The second-order valence-electron chi connectivity index (χ2n) is 15.2. The fraction of sp³-hybridized carbons (Fsp3) is 0.806. The van der Waals surface area contributed by atoms with Gasteiger partial charge in [-0.05, 0) is 131 Å². The van der Waals surface area contributed by atoms with Gasteiger partial charge in [-0.25, -0.2) is 4.79 Å². The zero-order valence-electron chi connectivity index (χ0n) is 29.0. The van der Waals surface area contributed by atoms with Crippen LogP contribution < -0.4 is 4.74 Å². The molecule has 2 saturated carbocycles. The number of hydrogen-bond acceptors (Lipinski definition) is 6. The van der Waals surface area contributed by atoms with Gasteiger partial charge in [0.05, 0.1) is 19.3 Å². The van der Waals surface area contributed by atoms with Gasteiger partial charge in [0.15, 0.2) is 0 Å². The fourth-order valence-corrected chi connectivity index (χ4v) is 10.6. The van der Waals surface area contributed by atoms with Crippen molar-refractivity contribution in [3.63, 3.8) is 0 Å². The molecule has 3 fully saturated rings.